The molecule has 116 valence electrons. The fourth-order valence-corrected chi connectivity index (χ4v) is 2.47. The van der Waals surface area contributed by atoms with E-state index in [1.54, 1.807) is 37.4 Å². The molecule has 4 nitrogen and oxygen atoms in total. The average Bonchev–Trinajstić information content (AvgIpc) is 3.06. The monoisotopic (exact) mass is 326 g/mol. The summed E-state index contributed by atoms with van der Waals surface area (Å²) < 4.78 is 5.68. The van der Waals surface area contributed by atoms with Crippen LogP contribution in [0.1, 0.15) is 10.6 Å². The van der Waals surface area contributed by atoms with Crippen LogP contribution in [0.15, 0.2) is 65.1 Å². The van der Waals surface area contributed by atoms with Gasteiger partial charge in [0.2, 0.25) is 0 Å². The Morgan fingerprint density at radius 3 is 2.57 bits per heavy atom. The van der Waals surface area contributed by atoms with Gasteiger partial charge in [-0.2, -0.15) is 0 Å². The smallest absolute Gasteiger partial charge is 0.293 e. The lowest BCUT2D eigenvalue weighted by molar-refractivity contribution is 0.0967. The lowest BCUT2D eigenvalue weighted by Gasteiger charge is -2.15. The van der Waals surface area contributed by atoms with Crippen LogP contribution in [0.25, 0.3) is 11.3 Å². The lowest BCUT2D eigenvalue weighted by atomic mass is 10.1. The van der Waals surface area contributed by atoms with Gasteiger partial charge in [0.15, 0.2) is 5.76 Å². The molecule has 0 aliphatic rings. The number of benzene rings is 2. The molecule has 0 saturated carbocycles. The van der Waals surface area contributed by atoms with Crippen molar-refractivity contribution in [2.24, 2.45) is 0 Å². The number of hydrogen-bond donors (Lipinski definition) is 1. The highest BCUT2D eigenvalue weighted by Crippen LogP contribution is 2.31. The molecule has 23 heavy (non-hydrogen) atoms. The fourth-order valence-electron chi connectivity index (χ4n) is 2.26. The molecule has 2 aromatic carbocycles. The molecule has 0 aliphatic heterocycles. The number of anilines is 2. The van der Waals surface area contributed by atoms with Crippen LogP contribution in [0.3, 0.4) is 0 Å². The SMILES string of the molecule is CN(C(=O)c1ccc(-c2cc(N)ccc2Cl)o1)c1ccccc1. The first-order valence-electron chi connectivity index (χ1n) is 7.04. The van der Waals surface area contributed by atoms with E-state index in [-0.39, 0.29) is 11.7 Å². The largest absolute Gasteiger partial charge is 0.451 e. The van der Waals surface area contributed by atoms with Crippen LogP contribution in [0.2, 0.25) is 5.02 Å². The molecule has 5 heteroatoms. The van der Waals surface area contributed by atoms with Crippen molar-refractivity contribution in [3.63, 3.8) is 0 Å². The number of halogens is 1. The second kappa shape index (κ2) is 6.18. The molecule has 3 aromatic rings. The summed E-state index contributed by atoms with van der Waals surface area (Å²) in [5.41, 5.74) is 7.81. The van der Waals surface area contributed by atoms with Gasteiger partial charge in [-0.05, 0) is 42.5 Å². The van der Waals surface area contributed by atoms with Crippen molar-refractivity contribution in [3.8, 4) is 11.3 Å². The number of carbonyl (C=O) groups is 1. The van der Waals surface area contributed by atoms with Crippen LogP contribution in [-0.4, -0.2) is 13.0 Å². The standard InChI is InChI=1S/C18H15ClN2O2/c1-21(13-5-3-2-4-6-13)18(22)17-10-9-16(23-17)14-11-12(20)7-8-15(14)19/h2-11H,20H2,1H3. The molecule has 1 amide bonds. The predicted molar refractivity (Wildman–Crippen MR) is 92.7 cm³/mol. The first-order valence-corrected chi connectivity index (χ1v) is 7.42. The normalized spacial score (nSPS) is 10.5. The van der Waals surface area contributed by atoms with Crippen LogP contribution in [0, 0.1) is 0 Å². The summed E-state index contributed by atoms with van der Waals surface area (Å²) in [4.78, 5) is 14.0. The van der Waals surface area contributed by atoms with Gasteiger partial charge >= 0.3 is 0 Å². The van der Waals surface area contributed by atoms with Gasteiger partial charge in [0, 0.05) is 24.0 Å². The number of nitrogens with zero attached hydrogens (tertiary/aromatic N) is 1. The van der Waals surface area contributed by atoms with E-state index in [9.17, 15) is 4.79 Å². The van der Waals surface area contributed by atoms with Crippen LogP contribution in [-0.2, 0) is 0 Å². The maximum Gasteiger partial charge on any atom is 0.293 e. The molecule has 0 spiro atoms. The van der Waals surface area contributed by atoms with E-state index in [1.165, 1.54) is 4.90 Å². The summed E-state index contributed by atoms with van der Waals surface area (Å²) in [5, 5.41) is 0.518. The number of carbonyl (C=O) groups excluding carboxylic acids is 1. The Morgan fingerprint density at radius 2 is 1.83 bits per heavy atom. The van der Waals surface area contributed by atoms with E-state index in [4.69, 9.17) is 21.8 Å². The first-order chi connectivity index (χ1) is 11.1. The Kier molecular flexibility index (Phi) is 4.08. The quantitative estimate of drug-likeness (QED) is 0.723. The molecular formula is C18H15ClN2O2. The summed E-state index contributed by atoms with van der Waals surface area (Å²) >= 11 is 6.17. The van der Waals surface area contributed by atoms with Gasteiger partial charge in [-0.1, -0.05) is 29.8 Å². The molecular weight excluding hydrogens is 312 g/mol. The third-order valence-corrected chi connectivity index (χ3v) is 3.85. The minimum atomic E-state index is -0.234. The van der Waals surface area contributed by atoms with Gasteiger partial charge in [-0.15, -0.1) is 0 Å². The van der Waals surface area contributed by atoms with Crippen molar-refractivity contribution in [1.29, 1.82) is 0 Å². The van der Waals surface area contributed by atoms with Crippen molar-refractivity contribution < 1.29 is 9.21 Å². The number of amides is 1. The molecule has 1 aromatic heterocycles. The lowest BCUT2D eigenvalue weighted by Crippen LogP contribution is -2.25. The number of rotatable bonds is 3. The van der Waals surface area contributed by atoms with Crippen molar-refractivity contribution in [2.45, 2.75) is 0 Å². The predicted octanol–water partition coefficient (Wildman–Crippen LogP) is 4.46. The molecule has 0 fully saturated rings. The Labute approximate surface area is 139 Å². The molecule has 0 aliphatic carbocycles. The second-order valence-corrected chi connectivity index (χ2v) is 5.51. The fraction of sp³-hybridized carbons (Fsp3) is 0.0556. The maximum absolute atomic E-state index is 12.5. The van der Waals surface area contributed by atoms with Gasteiger partial charge in [-0.3, -0.25) is 4.79 Å². The van der Waals surface area contributed by atoms with Gasteiger partial charge in [0.05, 0.1) is 5.02 Å². The third-order valence-electron chi connectivity index (χ3n) is 3.52. The zero-order valence-electron chi connectivity index (χ0n) is 12.5. The molecule has 3 rings (SSSR count). The van der Waals surface area contributed by atoms with Crippen LogP contribution >= 0.6 is 11.6 Å². The van der Waals surface area contributed by atoms with Crippen molar-refractivity contribution in [3.05, 3.63) is 71.4 Å². The van der Waals surface area contributed by atoms with Crippen molar-refractivity contribution in [2.75, 3.05) is 17.7 Å². The van der Waals surface area contributed by atoms with E-state index >= 15 is 0 Å². The minimum Gasteiger partial charge on any atom is -0.451 e. The van der Waals surface area contributed by atoms with E-state index in [0.717, 1.165) is 5.69 Å². The van der Waals surface area contributed by atoms with E-state index in [2.05, 4.69) is 0 Å². The molecule has 0 unspecified atom stereocenters. The molecule has 0 saturated heterocycles. The Morgan fingerprint density at radius 1 is 1.09 bits per heavy atom. The highest BCUT2D eigenvalue weighted by molar-refractivity contribution is 6.33. The van der Waals surface area contributed by atoms with Crippen molar-refractivity contribution in [1.82, 2.24) is 0 Å². The number of nitrogens with two attached hydrogens (primary N) is 1. The van der Waals surface area contributed by atoms with E-state index in [0.29, 0.717) is 22.0 Å². The number of hydrogen-bond acceptors (Lipinski definition) is 3. The summed E-state index contributed by atoms with van der Waals surface area (Å²) in [6.45, 7) is 0. The molecule has 0 radical (unpaired) electrons. The Balaban J connectivity index is 1.90. The maximum atomic E-state index is 12.5. The zero-order chi connectivity index (χ0) is 16.4. The molecule has 1 heterocycles. The number of para-hydroxylation sites is 1. The number of furan rings is 1. The molecule has 2 N–H and O–H groups in total. The summed E-state index contributed by atoms with van der Waals surface area (Å²) in [5.74, 6) is 0.513. The van der Waals surface area contributed by atoms with Gasteiger partial charge in [0.1, 0.15) is 5.76 Å². The minimum absolute atomic E-state index is 0.234. The average molecular weight is 327 g/mol. The van der Waals surface area contributed by atoms with Crippen molar-refractivity contribution >= 4 is 28.9 Å². The summed E-state index contributed by atoms with van der Waals surface area (Å²) in [7, 11) is 1.70. The highest BCUT2D eigenvalue weighted by atomic mass is 35.5. The molecule has 0 bridgehead atoms. The van der Waals surface area contributed by atoms with Crippen LogP contribution < -0.4 is 10.6 Å². The van der Waals surface area contributed by atoms with Gasteiger partial charge < -0.3 is 15.1 Å². The highest BCUT2D eigenvalue weighted by Gasteiger charge is 2.18. The van der Waals surface area contributed by atoms with E-state index in [1.807, 2.05) is 30.3 Å². The topological polar surface area (TPSA) is 59.5 Å². The third kappa shape index (κ3) is 3.07. The first kappa shape index (κ1) is 15.2. The Hall–Kier alpha value is -2.72. The molecule has 0 atom stereocenters. The van der Waals surface area contributed by atoms with Crippen LogP contribution in [0.5, 0.6) is 0 Å². The van der Waals surface area contributed by atoms with Crippen LogP contribution in [0.4, 0.5) is 11.4 Å². The summed E-state index contributed by atoms with van der Waals surface area (Å²) in [6.07, 6.45) is 0. The zero-order valence-corrected chi connectivity index (χ0v) is 13.2. The van der Waals surface area contributed by atoms with Gasteiger partial charge in [0.25, 0.3) is 5.91 Å². The summed E-state index contributed by atoms with van der Waals surface area (Å²) in [6, 6.07) is 17.8. The van der Waals surface area contributed by atoms with E-state index < -0.39 is 0 Å². The number of nitrogen functional groups attached to an aromatic ring is 1. The van der Waals surface area contributed by atoms with Gasteiger partial charge in [-0.25, -0.2) is 0 Å². The second-order valence-electron chi connectivity index (χ2n) is 5.10. The Bertz CT molecular complexity index is 843.